The number of nitrogens with zero attached hydrogens (tertiary/aromatic N) is 2. The Morgan fingerprint density at radius 1 is 1.69 bits per heavy atom. The number of aliphatic hydroxyl groups excluding tert-OH is 1. The van der Waals surface area contributed by atoms with Crippen LogP contribution in [0.15, 0.2) is 6.20 Å². The second kappa shape index (κ2) is 4.98. The van der Waals surface area contributed by atoms with Gasteiger partial charge in [-0.05, 0) is 5.92 Å². The van der Waals surface area contributed by atoms with Crippen molar-refractivity contribution in [1.29, 1.82) is 0 Å². The van der Waals surface area contributed by atoms with Gasteiger partial charge in [0.1, 0.15) is 0 Å². The number of amides is 1. The number of aryl methyl sites for hydroxylation is 1. The van der Waals surface area contributed by atoms with Gasteiger partial charge in [0.05, 0.1) is 18.3 Å². The molecule has 0 aliphatic rings. The van der Waals surface area contributed by atoms with Gasteiger partial charge in [-0.15, -0.1) is 0 Å². The molecule has 1 amide bonds. The van der Waals surface area contributed by atoms with E-state index >= 15 is 0 Å². The average Bonchev–Trinajstić information content (AvgIpc) is 2.53. The van der Waals surface area contributed by atoms with Crippen LogP contribution in [0.1, 0.15) is 24.3 Å². The summed E-state index contributed by atoms with van der Waals surface area (Å²) in [5.41, 5.74) is 6.16. The van der Waals surface area contributed by atoms with E-state index in [-0.39, 0.29) is 30.2 Å². The topological polar surface area (TPSA) is 93.2 Å². The fourth-order valence-electron chi connectivity index (χ4n) is 1.34. The Labute approximate surface area is 94.4 Å². The fraction of sp³-hybridized carbons (Fsp3) is 0.600. The summed E-state index contributed by atoms with van der Waals surface area (Å²) < 4.78 is 1.48. The van der Waals surface area contributed by atoms with Gasteiger partial charge < -0.3 is 16.2 Å². The van der Waals surface area contributed by atoms with Gasteiger partial charge in [-0.3, -0.25) is 9.48 Å². The largest absolute Gasteiger partial charge is 0.396 e. The van der Waals surface area contributed by atoms with E-state index in [9.17, 15) is 4.79 Å². The Morgan fingerprint density at radius 2 is 2.31 bits per heavy atom. The van der Waals surface area contributed by atoms with Crippen molar-refractivity contribution in [2.75, 3.05) is 12.3 Å². The lowest BCUT2D eigenvalue weighted by molar-refractivity contribution is 0.0892. The summed E-state index contributed by atoms with van der Waals surface area (Å²) in [6.45, 7) is 3.74. The Kier molecular flexibility index (Phi) is 3.89. The molecule has 0 aliphatic carbocycles. The molecule has 0 fully saturated rings. The van der Waals surface area contributed by atoms with Gasteiger partial charge in [0, 0.05) is 13.2 Å². The van der Waals surface area contributed by atoms with Crippen LogP contribution < -0.4 is 11.1 Å². The molecule has 0 bridgehead atoms. The summed E-state index contributed by atoms with van der Waals surface area (Å²) in [4.78, 5) is 11.8. The molecule has 0 aliphatic heterocycles. The predicted molar refractivity (Wildman–Crippen MR) is 60.8 cm³/mol. The molecule has 6 nitrogen and oxygen atoms in total. The Balaban J connectivity index is 2.75. The van der Waals surface area contributed by atoms with Crippen molar-refractivity contribution in [3.8, 4) is 0 Å². The van der Waals surface area contributed by atoms with Crippen LogP contribution in [0.4, 0.5) is 5.69 Å². The minimum absolute atomic E-state index is 0.101. The van der Waals surface area contributed by atoms with Crippen molar-refractivity contribution in [3.63, 3.8) is 0 Å². The summed E-state index contributed by atoms with van der Waals surface area (Å²) in [5.74, 6) is -0.204. The maximum atomic E-state index is 11.8. The highest BCUT2D eigenvalue weighted by molar-refractivity contribution is 5.97. The van der Waals surface area contributed by atoms with Crippen LogP contribution >= 0.6 is 0 Å². The number of carbonyl (C=O) groups excluding carboxylic acids is 1. The van der Waals surface area contributed by atoms with E-state index in [0.29, 0.717) is 5.69 Å². The molecule has 0 radical (unpaired) electrons. The molecule has 1 heterocycles. The normalized spacial score (nSPS) is 12.8. The SMILES string of the molecule is CC(C)C(CO)NC(=O)c1nn(C)cc1N. The van der Waals surface area contributed by atoms with E-state index in [4.69, 9.17) is 10.8 Å². The maximum Gasteiger partial charge on any atom is 0.274 e. The predicted octanol–water partition coefficient (Wildman–Crippen LogP) is -0.251. The van der Waals surface area contributed by atoms with E-state index in [1.165, 1.54) is 4.68 Å². The molecule has 1 aromatic heterocycles. The van der Waals surface area contributed by atoms with Gasteiger partial charge in [-0.2, -0.15) is 5.10 Å². The highest BCUT2D eigenvalue weighted by Crippen LogP contribution is 2.09. The number of aromatic nitrogens is 2. The van der Waals surface area contributed by atoms with Crippen LogP contribution in [0.3, 0.4) is 0 Å². The van der Waals surface area contributed by atoms with Gasteiger partial charge in [-0.25, -0.2) is 0 Å². The monoisotopic (exact) mass is 226 g/mol. The summed E-state index contributed by atoms with van der Waals surface area (Å²) >= 11 is 0. The number of carbonyl (C=O) groups is 1. The third-order valence-corrected chi connectivity index (χ3v) is 2.39. The van der Waals surface area contributed by atoms with Crippen molar-refractivity contribution in [2.24, 2.45) is 13.0 Å². The second-order valence-corrected chi connectivity index (χ2v) is 4.11. The molecule has 0 aromatic carbocycles. The smallest absolute Gasteiger partial charge is 0.274 e. The molecule has 6 heteroatoms. The number of nitrogen functional groups attached to an aromatic ring is 1. The molecule has 1 unspecified atom stereocenters. The summed E-state index contributed by atoms with van der Waals surface area (Å²) in [5, 5.41) is 15.7. The molecule has 1 rings (SSSR count). The van der Waals surface area contributed by atoms with E-state index in [1.54, 1.807) is 13.2 Å². The lowest BCUT2D eigenvalue weighted by Gasteiger charge is -2.19. The van der Waals surface area contributed by atoms with Crippen molar-refractivity contribution < 1.29 is 9.90 Å². The summed E-state index contributed by atoms with van der Waals surface area (Å²) in [7, 11) is 1.69. The molecule has 4 N–H and O–H groups in total. The van der Waals surface area contributed by atoms with E-state index in [2.05, 4.69) is 10.4 Å². The Morgan fingerprint density at radius 3 is 2.69 bits per heavy atom. The first-order valence-corrected chi connectivity index (χ1v) is 5.16. The van der Waals surface area contributed by atoms with Gasteiger partial charge in [0.25, 0.3) is 5.91 Å². The van der Waals surface area contributed by atoms with E-state index in [0.717, 1.165) is 0 Å². The molecule has 1 aromatic rings. The lowest BCUT2D eigenvalue weighted by Crippen LogP contribution is -2.41. The maximum absolute atomic E-state index is 11.8. The molecule has 0 spiro atoms. The minimum Gasteiger partial charge on any atom is -0.396 e. The molecule has 90 valence electrons. The second-order valence-electron chi connectivity index (χ2n) is 4.11. The quantitative estimate of drug-likeness (QED) is 0.660. The first-order valence-electron chi connectivity index (χ1n) is 5.16. The number of nitrogens with two attached hydrogens (primary N) is 1. The zero-order valence-electron chi connectivity index (χ0n) is 9.77. The van der Waals surface area contributed by atoms with Crippen LogP contribution in [0.2, 0.25) is 0 Å². The first kappa shape index (κ1) is 12.5. The van der Waals surface area contributed by atoms with Crippen LogP contribution in [-0.4, -0.2) is 33.4 Å². The molecular formula is C10H18N4O2. The van der Waals surface area contributed by atoms with Crippen LogP contribution in [0.25, 0.3) is 0 Å². The number of rotatable bonds is 4. The number of hydrogen-bond acceptors (Lipinski definition) is 4. The molecule has 0 saturated carbocycles. The summed E-state index contributed by atoms with van der Waals surface area (Å²) in [6.07, 6.45) is 1.57. The fourth-order valence-corrected chi connectivity index (χ4v) is 1.34. The highest BCUT2D eigenvalue weighted by Gasteiger charge is 2.19. The Hall–Kier alpha value is -1.56. The number of nitrogens with one attached hydrogen (secondary N) is 1. The Bertz CT molecular complexity index is 373. The lowest BCUT2D eigenvalue weighted by atomic mass is 10.1. The number of anilines is 1. The van der Waals surface area contributed by atoms with Crippen LogP contribution in [0.5, 0.6) is 0 Å². The van der Waals surface area contributed by atoms with Crippen molar-refractivity contribution in [1.82, 2.24) is 15.1 Å². The standard InChI is InChI=1S/C10H18N4O2/c1-6(2)8(5-15)12-10(16)9-7(11)4-14(3)13-9/h4,6,8,15H,5,11H2,1-3H3,(H,12,16). The molecule has 1 atom stereocenters. The highest BCUT2D eigenvalue weighted by atomic mass is 16.3. The third-order valence-electron chi connectivity index (χ3n) is 2.39. The van der Waals surface area contributed by atoms with E-state index < -0.39 is 0 Å². The molecule has 16 heavy (non-hydrogen) atoms. The first-order chi connectivity index (χ1) is 7.45. The number of aliphatic hydroxyl groups is 1. The molecule has 0 saturated heterocycles. The molecular weight excluding hydrogens is 208 g/mol. The minimum atomic E-state index is -0.356. The van der Waals surface area contributed by atoms with Gasteiger partial charge >= 0.3 is 0 Å². The van der Waals surface area contributed by atoms with Crippen molar-refractivity contribution in [3.05, 3.63) is 11.9 Å². The van der Waals surface area contributed by atoms with Crippen LogP contribution in [0, 0.1) is 5.92 Å². The van der Waals surface area contributed by atoms with E-state index in [1.807, 2.05) is 13.8 Å². The van der Waals surface area contributed by atoms with Crippen molar-refractivity contribution >= 4 is 11.6 Å². The third kappa shape index (κ3) is 2.73. The van der Waals surface area contributed by atoms with Crippen LogP contribution in [-0.2, 0) is 7.05 Å². The van der Waals surface area contributed by atoms with Gasteiger partial charge in [0.2, 0.25) is 0 Å². The zero-order valence-corrected chi connectivity index (χ0v) is 9.77. The number of hydrogen-bond donors (Lipinski definition) is 3. The zero-order chi connectivity index (χ0) is 12.3. The van der Waals surface area contributed by atoms with Gasteiger partial charge in [0.15, 0.2) is 5.69 Å². The summed E-state index contributed by atoms with van der Waals surface area (Å²) in [6, 6.07) is -0.283. The average molecular weight is 226 g/mol. The van der Waals surface area contributed by atoms with Crippen molar-refractivity contribution in [2.45, 2.75) is 19.9 Å². The van der Waals surface area contributed by atoms with Gasteiger partial charge in [-0.1, -0.05) is 13.8 Å².